The van der Waals surface area contributed by atoms with Gasteiger partial charge in [0.25, 0.3) is 0 Å². The molecule has 2 aliphatic heterocycles. The molecule has 6 aromatic rings. The number of anilines is 2. The molecule has 1 nitrogen and oxygen atoms in total. The molecule has 0 spiro atoms. The van der Waals surface area contributed by atoms with E-state index in [4.69, 9.17) is 0 Å². The van der Waals surface area contributed by atoms with Crippen molar-refractivity contribution in [3.05, 3.63) is 143 Å². The lowest BCUT2D eigenvalue weighted by atomic mass is 9.67. The molecule has 0 N–H and O–H groups in total. The second kappa shape index (κ2) is 11.1. The van der Waals surface area contributed by atoms with Crippen LogP contribution in [0.2, 0.25) is 0 Å². The molecule has 48 heavy (non-hydrogen) atoms. The van der Waals surface area contributed by atoms with Crippen molar-refractivity contribution in [2.24, 2.45) is 0 Å². The van der Waals surface area contributed by atoms with E-state index in [0.717, 1.165) is 0 Å². The van der Waals surface area contributed by atoms with Gasteiger partial charge in [-0.25, -0.2) is 0 Å². The molecule has 2 unspecified atom stereocenters. The molecule has 1 heteroatoms. The van der Waals surface area contributed by atoms with Crippen LogP contribution in [0.25, 0.3) is 32.7 Å². The lowest BCUT2D eigenvalue weighted by molar-refractivity contribution is 0.333. The highest BCUT2D eigenvalue weighted by molar-refractivity contribution is 5.96. The van der Waals surface area contributed by atoms with E-state index in [0.29, 0.717) is 41.5 Å². The zero-order valence-corrected chi connectivity index (χ0v) is 29.3. The monoisotopic (exact) mass is 625 g/mol. The normalized spacial score (nSPS) is 21.1. The van der Waals surface area contributed by atoms with E-state index >= 15 is 0 Å². The van der Waals surface area contributed by atoms with Gasteiger partial charge in [0.1, 0.15) is 0 Å². The van der Waals surface area contributed by atoms with Gasteiger partial charge in [-0.2, -0.15) is 0 Å². The second-order valence-electron chi connectivity index (χ2n) is 16.0. The fraction of sp³-hybridized carbons (Fsp3) is 0.319. The van der Waals surface area contributed by atoms with E-state index in [9.17, 15) is 0 Å². The first kappa shape index (κ1) is 29.8. The number of fused-ring (bicyclic) bond motifs is 8. The maximum Gasteiger partial charge on any atom is 0.0481 e. The third kappa shape index (κ3) is 4.65. The first-order valence-electron chi connectivity index (χ1n) is 18.4. The Morgan fingerprint density at radius 2 is 1.02 bits per heavy atom. The number of nitrogens with zero attached hydrogens (tertiary/aromatic N) is 1. The van der Waals surface area contributed by atoms with Crippen LogP contribution in [-0.4, -0.2) is 6.04 Å². The number of hydrogen-bond acceptors (Lipinski definition) is 1. The number of benzene rings is 6. The number of rotatable bonds is 5. The van der Waals surface area contributed by atoms with E-state index in [2.05, 4.69) is 156 Å². The first-order valence-corrected chi connectivity index (χ1v) is 18.4. The van der Waals surface area contributed by atoms with Crippen LogP contribution < -0.4 is 4.90 Å². The lowest BCUT2D eigenvalue weighted by Crippen LogP contribution is -2.35. The van der Waals surface area contributed by atoms with Gasteiger partial charge < -0.3 is 4.90 Å². The molecule has 0 bridgehead atoms. The minimum Gasteiger partial charge on any atom is -0.337 e. The van der Waals surface area contributed by atoms with Crippen molar-refractivity contribution in [2.45, 2.75) is 95.9 Å². The van der Waals surface area contributed by atoms with Gasteiger partial charge in [-0.1, -0.05) is 126 Å². The van der Waals surface area contributed by atoms with Gasteiger partial charge in [0.2, 0.25) is 0 Å². The zero-order valence-electron chi connectivity index (χ0n) is 29.3. The van der Waals surface area contributed by atoms with Gasteiger partial charge in [0, 0.05) is 29.3 Å². The Kier molecular flexibility index (Phi) is 6.88. The van der Waals surface area contributed by atoms with E-state index < -0.39 is 0 Å². The van der Waals surface area contributed by atoms with Crippen LogP contribution in [0.15, 0.2) is 109 Å². The van der Waals surface area contributed by atoms with Gasteiger partial charge in [-0.3, -0.25) is 0 Å². The second-order valence-corrected chi connectivity index (χ2v) is 16.0. The smallest absolute Gasteiger partial charge is 0.0481 e. The van der Waals surface area contributed by atoms with Crippen LogP contribution in [0.3, 0.4) is 0 Å². The van der Waals surface area contributed by atoms with Crippen molar-refractivity contribution in [3.8, 4) is 11.1 Å². The van der Waals surface area contributed by atoms with Crippen molar-refractivity contribution in [1.82, 2.24) is 0 Å². The van der Waals surface area contributed by atoms with E-state index in [1.165, 1.54) is 79.1 Å². The molecule has 0 saturated heterocycles. The summed E-state index contributed by atoms with van der Waals surface area (Å²) < 4.78 is 0. The summed E-state index contributed by atoms with van der Waals surface area (Å²) in [6.07, 6.45) is 2.39. The van der Waals surface area contributed by atoms with E-state index in [1.54, 1.807) is 11.1 Å². The fourth-order valence-corrected chi connectivity index (χ4v) is 9.39. The van der Waals surface area contributed by atoms with Crippen LogP contribution in [0, 0.1) is 0 Å². The molecule has 9 rings (SSSR count). The van der Waals surface area contributed by atoms with Crippen LogP contribution >= 0.6 is 0 Å². The summed E-state index contributed by atoms with van der Waals surface area (Å²) in [7, 11) is 0. The molecular weight excluding hydrogens is 579 g/mol. The minimum absolute atomic E-state index is 0.482. The van der Waals surface area contributed by atoms with Crippen LogP contribution in [0.1, 0.15) is 123 Å². The van der Waals surface area contributed by atoms with Gasteiger partial charge in [-0.05, 0) is 127 Å². The maximum absolute atomic E-state index is 2.78. The lowest BCUT2D eigenvalue weighted by Gasteiger charge is -2.38. The maximum atomic E-state index is 2.78. The highest BCUT2D eigenvalue weighted by Crippen LogP contribution is 2.64. The molecule has 240 valence electrons. The standard InChI is InChI=1S/C47H47N/c1-27(2)31-12-14-33-25-45-41(21-38(33)16-31)43-23-40(37-19-35(29(5)6)18-36(20-37)30-10-8-7-9-11-30)24-44-42-22-39-17-32(28(3)4)13-15-34(39)26-46(42)48(45)47(43)44/h7-22,25-29,40,43-44,47H,23-24H2,1-6H3. The van der Waals surface area contributed by atoms with Crippen molar-refractivity contribution in [1.29, 1.82) is 0 Å². The van der Waals surface area contributed by atoms with Gasteiger partial charge in [0.05, 0.1) is 0 Å². The van der Waals surface area contributed by atoms with Gasteiger partial charge in [-0.15, -0.1) is 0 Å². The Balaban J connectivity index is 1.23. The van der Waals surface area contributed by atoms with E-state index in [-0.39, 0.29) is 0 Å². The molecule has 0 radical (unpaired) electrons. The van der Waals surface area contributed by atoms with Gasteiger partial charge >= 0.3 is 0 Å². The molecule has 6 aromatic carbocycles. The molecule has 2 atom stereocenters. The average Bonchev–Trinajstić information content (AvgIpc) is 3.59. The van der Waals surface area contributed by atoms with Crippen LogP contribution in [-0.2, 0) is 0 Å². The highest BCUT2D eigenvalue weighted by Gasteiger charge is 2.53. The summed E-state index contributed by atoms with van der Waals surface area (Å²) in [4.78, 5) is 2.78. The van der Waals surface area contributed by atoms with Crippen molar-refractivity contribution in [3.63, 3.8) is 0 Å². The number of hydrogen-bond donors (Lipinski definition) is 0. The van der Waals surface area contributed by atoms with Crippen molar-refractivity contribution < 1.29 is 0 Å². The molecule has 1 fully saturated rings. The summed E-state index contributed by atoms with van der Waals surface area (Å²) in [5.41, 5.74) is 14.5. The predicted molar refractivity (Wildman–Crippen MR) is 205 cm³/mol. The molecule has 2 heterocycles. The quantitative estimate of drug-likeness (QED) is 0.184. The Bertz CT molecular complexity index is 2090. The predicted octanol–water partition coefficient (Wildman–Crippen LogP) is 13.3. The molecule has 3 aliphatic rings. The highest BCUT2D eigenvalue weighted by atomic mass is 15.2. The Morgan fingerprint density at radius 1 is 0.479 bits per heavy atom. The van der Waals surface area contributed by atoms with Crippen LogP contribution in [0.4, 0.5) is 11.4 Å². The summed E-state index contributed by atoms with van der Waals surface area (Å²) in [5, 5.41) is 5.51. The summed E-state index contributed by atoms with van der Waals surface area (Å²) >= 11 is 0. The van der Waals surface area contributed by atoms with Crippen molar-refractivity contribution >= 4 is 32.9 Å². The first-order chi connectivity index (χ1) is 23.2. The molecule has 0 aromatic heterocycles. The summed E-state index contributed by atoms with van der Waals surface area (Å²) in [6, 6.07) is 43.5. The Hall–Kier alpha value is -4.36. The third-order valence-electron chi connectivity index (χ3n) is 12.1. The molecule has 0 amide bonds. The fourth-order valence-electron chi connectivity index (χ4n) is 9.39. The van der Waals surface area contributed by atoms with Gasteiger partial charge in [0.15, 0.2) is 0 Å². The van der Waals surface area contributed by atoms with Crippen LogP contribution in [0.5, 0.6) is 0 Å². The third-order valence-corrected chi connectivity index (χ3v) is 12.1. The van der Waals surface area contributed by atoms with E-state index in [1.807, 2.05) is 0 Å². The SMILES string of the molecule is CC(C)c1cc(-c2ccccc2)cc(C2CC3c4cc5cc(C(C)C)ccc5cc4N4c5cc6ccc(C(C)C)cc6cc5C(C2)C34)c1. The Labute approximate surface area is 286 Å². The summed E-state index contributed by atoms with van der Waals surface area (Å²) in [6.45, 7) is 13.9. The summed E-state index contributed by atoms with van der Waals surface area (Å²) in [5.74, 6) is 3.05. The van der Waals surface area contributed by atoms with Crippen molar-refractivity contribution in [2.75, 3.05) is 4.90 Å². The topological polar surface area (TPSA) is 3.24 Å². The average molecular weight is 626 g/mol. The zero-order chi connectivity index (χ0) is 32.8. The minimum atomic E-state index is 0.482. The molecule has 1 aliphatic carbocycles. The molecule has 1 saturated carbocycles. The largest absolute Gasteiger partial charge is 0.337 e. The Morgan fingerprint density at radius 3 is 1.54 bits per heavy atom. The molecular formula is C47H47N.